The second-order valence-corrected chi connectivity index (χ2v) is 6.16. The van der Waals surface area contributed by atoms with Crippen molar-refractivity contribution in [3.63, 3.8) is 0 Å². The molecular weight excluding hydrogens is 259 g/mol. The molecule has 0 heterocycles. The fourth-order valence-corrected chi connectivity index (χ4v) is 2.09. The monoisotopic (exact) mass is 276 g/mol. The summed E-state index contributed by atoms with van der Waals surface area (Å²) >= 11 is 11.8. The predicted molar refractivity (Wildman–Crippen MR) is 71.6 cm³/mol. The minimum Gasteiger partial charge on any atom is -0.390 e. The van der Waals surface area contributed by atoms with Crippen LogP contribution in [0.25, 0.3) is 0 Å². The van der Waals surface area contributed by atoms with Crippen LogP contribution in [-0.2, 0) is 6.42 Å². The molecule has 1 aromatic carbocycles. The molecule has 1 rings (SSSR count). The molecule has 0 radical (unpaired) electrons. The number of aliphatic hydroxyl groups excluding tert-OH is 2. The lowest BCUT2D eigenvalue weighted by Gasteiger charge is -2.30. The summed E-state index contributed by atoms with van der Waals surface area (Å²) in [4.78, 5) is 0. The quantitative estimate of drug-likeness (QED) is 0.890. The average Bonchev–Trinajstić information content (AvgIpc) is 2.19. The van der Waals surface area contributed by atoms with Crippen LogP contribution in [0.5, 0.6) is 0 Å². The Balaban J connectivity index is 2.78. The molecule has 17 heavy (non-hydrogen) atoms. The van der Waals surface area contributed by atoms with Gasteiger partial charge in [0.25, 0.3) is 0 Å². The van der Waals surface area contributed by atoms with Gasteiger partial charge >= 0.3 is 0 Å². The first kappa shape index (κ1) is 14.8. The number of benzene rings is 1. The molecule has 0 aromatic heterocycles. The third-order valence-corrected chi connectivity index (χ3v) is 3.28. The lowest BCUT2D eigenvalue weighted by Crippen LogP contribution is -2.38. The highest BCUT2D eigenvalue weighted by Gasteiger charge is 2.29. The summed E-state index contributed by atoms with van der Waals surface area (Å²) in [7, 11) is 0. The molecule has 0 spiro atoms. The fourth-order valence-electron chi connectivity index (χ4n) is 1.60. The average molecular weight is 277 g/mol. The summed E-state index contributed by atoms with van der Waals surface area (Å²) in [6.45, 7) is 5.64. The summed E-state index contributed by atoms with van der Waals surface area (Å²) in [6, 6.07) is 5.12. The number of rotatable bonds is 3. The van der Waals surface area contributed by atoms with Crippen molar-refractivity contribution in [2.45, 2.75) is 39.4 Å². The van der Waals surface area contributed by atoms with Crippen molar-refractivity contribution in [1.82, 2.24) is 0 Å². The van der Waals surface area contributed by atoms with Crippen LogP contribution in [0.4, 0.5) is 0 Å². The summed E-state index contributed by atoms with van der Waals surface area (Å²) in [6.07, 6.45) is -1.32. The van der Waals surface area contributed by atoms with Gasteiger partial charge in [-0.15, -0.1) is 0 Å². The van der Waals surface area contributed by atoms with E-state index in [0.29, 0.717) is 16.5 Å². The van der Waals surface area contributed by atoms with Gasteiger partial charge in [-0.25, -0.2) is 0 Å². The Morgan fingerprint density at radius 2 is 1.76 bits per heavy atom. The normalized spacial score (nSPS) is 15.7. The smallest absolute Gasteiger partial charge is 0.0850 e. The molecule has 0 bridgehead atoms. The van der Waals surface area contributed by atoms with E-state index in [-0.39, 0.29) is 5.41 Å². The van der Waals surface area contributed by atoms with Crippen molar-refractivity contribution in [2.75, 3.05) is 0 Å². The molecular formula is C13H18Cl2O2. The Kier molecular flexibility index (Phi) is 4.85. The van der Waals surface area contributed by atoms with Gasteiger partial charge in [-0.1, -0.05) is 50.0 Å². The van der Waals surface area contributed by atoms with Crippen molar-refractivity contribution in [3.05, 3.63) is 33.8 Å². The predicted octanol–water partition coefficient (Wildman–Crippen LogP) is 3.30. The van der Waals surface area contributed by atoms with E-state index in [2.05, 4.69) is 0 Å². The highest BCUT2D eigenvalue weighted by atomic mass is 35.5. The number of halogens is 2. The fraction of sp³-hybridized carbons (Fsp3) is 0.538. The summed E-state index contributed by atoms with van der Waals surface area (Å²) in [5, 5.41) is 21.0. The Hall–Kier alpha value is -0.280. The second kappa shape index (κ2) is 5.57. The van der Waals surface area contributed by atoms with E-state index in [1.54, 1.807) is 18.2 Å². The lowest BCUT2D eigenvalue weighted by molar-refractivity contribution is -0.0433. The van der Waals surface area contributed by atoms with Crippen molar-refractivity contribution in [1.29, 1.82) is 0 Å². The molecule has 4 heteroatoms. The van der Waals surface area contributed by atoms with E-state index in [4.69, 9.17) is 23.2 Å². The van der Waals surface area contributed by atoms with Crippen molar-refractivity contribution in [3.8, 4) is 0 Å². The summed E-state index contributed by atoms with van der Waals surface area (Å²) in [5.74, 6) is 0. The van der Waals surface area contributed by atoms with E-state index in [0.717, 1.165) is 5.56 Å². The molecule has 2 nitrogen and oxygen atoms in total. The Labute approximate surface area is 112 Å². The van der Waals surface area contributed by atoms with Crippen molar-refractivity contribution >= 4 is 23.2 Å². The molecule has 2 unspecified atom stereocenters. The number of hydrogen-bond donors (Lipinski definition) is 2. The van der Waals surface area contributed by atoms with Gasteiger partial charge in [0.2, 0.25) is 0 Å². The lowest BCUT2D eigenvalue weighted by atomic mass is 9.84. The Bertz CT molecular complexity index is 385. The van der Waals surface area contributed by atoms with Crippen molar-refractivity contribution in [2.24, 2.45) is 5.41 Å². The van der Waals surface area contributed by atoms with Gasteiger partial charge in [0.1, 0.15) is 0 Å². The zero-order valence-corrected chi connectivity index (χ0v) is 11.8. The van der Waals surface area contributed by atoms with Gasteiger partial charge in [-0.3, -0.25) is 0 Å². The van der Waals surface area contributed by atoms with Crippen LogP contribution in [0.15, 0.2) is 18.2 Å². The van der Waals surface area contributed by atoms with E-state index in [1.807, 2.05) is 20.8 Å². The molecule has 0 saturated heterocycles. The maximum atomic E-state index is 9.96. The van der Waals surface area contributed by atoms with Crippen molar-refractivity contribution < 1.29 is 10.2 Å². The summed E-state index contributed by atoms with van der Waals surface area (Å²) in [5.41, 5.74) is 0.421. The standard InChI is InChI=1S/C13H18Cl2O2/c1-13(2,3)12(17)11(16)6-8-4-5-9(14)7-10(8)15/h4-5,7,11-12,16-17H,6H2,1-3H3. The minimum absolute atomic E-state index is 0.314. The van der Waals surface area contributed by atoms with E-state index < -0.39 is 12.2 Å². The van der Waals surface area contributed by atoms with Crippen LogP contribution in [0, 0.1) is 5.41 Å². The zero-order valence-electron chi connectivity index (χ0n) is 10.2. The molecule has 0 amide bonds. The highest BCUT2D eigenvalue weighted by molar-refractivity contribution is 6.35. The van der Waals surface area contributed by atoms with E-state index >= 15 is 0 Å². The second-order valence-electron chi connectivity index (χ2n) is 5.32. The van der Waals surface area contributed by atoms with Crippen LogP contribution in [0.1, 0.15) is 26.3 Å². The third kappa shape index (κ3) is 4.14. The van der Waals surface area contributed by atoms with Crippen LogP contribution in [-0.4, -0.2) is 22.4 Å². The topological polar surface area (TPSA) is 40.5 Å². The van der Waals surface area contributed by atoms with Gasteiger partial charge < -0.3 is 10.2 Å². The van der Waals surface area contributed by atoms with Gasteiger partial charge in [0, 0.05) is 16.5 Å². The Morgan fingerprint density at radius 1 is 1.18 bits per heavy atom. The van der Waals surface area contributed by atoms with Gasteiger partial charge in [0.15, 0.2) is 0 Å². The highest BCUT2D eigenvalue weighted by Crippen LogP contribution is 2.26. The largest absolute Gasteiger partial charge is 0.390 e. The van der Waals surface area contributed by atoms with E-state index in [9.17, 15) is 10.2 Å². The molecule has 96 valence electrons. The maximum Gasteiger partial charge on any atom is 0.0850 e. The number of aliphatic hydroxyl groups is 2. The van der Waals surface area contributed by atoms with Crippen LogP contribution < -0.4 is 0 Å². The molecule has 2 N–H and O–H groups in total. The van der Waals surface area contributed by atoms with Gasteiger partial charge in [-0.05, 0) is 23.1 Å². The molecule has 0 saturated carbocycles. The van der Waals surface area contributed by atoms with Gasteiger partial charge in [0.05, 0.1) is 12.2 Å². The van der Waals surface area contributed by atoms with Crippen LogP contribution >= 0.6 is 23.2 Å². The number of hydrogen-bond acceptors (Lipinski definition) is 2. The first-order valence-electron chi connectivity index (χ1n) is 5.52. The molecule has 1 aromatic rings. The molecule has 0 aliphatic heterocycles. The molecule has 0 fully saturated rings. The summed E-state index contributed by atoms with van der Waals surface area (Å²) < 4.78 is 0. The zero-order chi connectivity index (χ0) is 13.2. The third-order valence-electron chi connectivity index (χ3n) is 2.70. The van der Waals surface area contributed by atoms with Gasteiger partial charge in [-0.2, -0.15) is 0 Å². The van der Waals surface area contributed by atoms with Crippen LogP contribution in [0.3, 0.4) is 0 Å². The molecule has 2 atom stereocenters. The first-order valence-corrected chi connectivity index (χ1v) is 6.27. The Morgan fingerprint density at radius 3 is 2.24 bits per heavy atom. The maximum absolute atomic E-state index is 9.96. The molecule has 0 aliphatic rings. The molecule has 0 aliphatic carbocycles. The van der Waals surface area contributed by atoms with E-state index in [1.165, 1.54) is 0 Å². The SMILES string of the molecule is CC(C)(C)C(O)C(O)Cc1ccc(Cl)cc1Cl. The van der Waals surface area contributed by atoms with Crippen LogP contribution in [0.2, 0.25) is 10.0 Å². The first-order chi connectivity index (χ1) is 7.71. The minimum atomic E-state index is -0.839.